The van der Waals surface area contributed by atoms with Crippen LogP contribution in [-0.4, -0.2) is 24.3 Å². The maximum Gasteiger partial charge on any atom is 0.290 e. The molecule has 0 fully saturated rings. The Bertz CT molecular complexity index is 1250. The van der Waals surface area contributed by atoms with E-state index >= 15 is 0 Å². The lowest BCUT2D eigenvalue weighted by atomic mass is 10.1. The Morgan fingerprint density at radius 3 is 1.97 bits per heavy atom. The van der Waals surface area contributed by atoms with Crippen LogP contribution in [-0.2, 0) is 21.2 Å². The molecule has 5 nitrogen and oxygen atoms in total. The highest BCUT2D eigenvalue weighted by molar-refractivity contribution is 7.95. The molecular weight excluding hydrogens is 410 g/mol. The molecule has 1 atom stereocenters. The van der Waals surface area contributed by atoms with Crippen LogP contribution in [0.2, 0.25) is 0 Å². The first kappa shape index (κ1) is 20.9. The summed E-state index contributed by atoms with van der Waals surface area (Å²) in [6.45, 7) is 4.01. The molecule has 0 saturated heterocycles. The van der Waals surface area contributed by atoms with Crippen molar-refractivity contribution in [3.8, 4) is 0 Å². The van der Waals surface area contributed by atoms with Gasteiger partial charge < -0.3 is 10.0 Å². The summed E-state index contributed by atoms with van der Waals surface area (Å²) in [5.41, 5.74) is 3.47. The summed E-state index contributed by atoms with van der Waals surface area (Å²) in [7, 11) is -4.10. The number of carbonyl (C=O) groups is 1. The highest BCUT2D eigenvalue weighted by Gasteiger charge is 2.46. The van der Waals surface area contributed by atoms with Crippen LogP contribution in [0.3, 0.4) is 0 Å². The second kappa shape index (κ2) is 8.04. The van der Waals surface area contributed by atoms with E-state index in [1.54, 1.807) is 36.4 Å². The largest absolute Gasteiger partial charge is 0.502 e. The summed E-state index contributed by atoms with van der Waals surface area (Å²) in [4.78, 5) is 14.2. The number of aryl methyl sites for hydroxylation is 2. The quantitative estimate of drug-likeness (QED) is 0.637. The molecule has 1 unspecified atom stereocenters. The average Bonchev–Trinajstić information content (AvgIpc) is 3.02. The van der Waals surface area contributed by atoms with E-state index in [1.165, 1.54) is 17.0 Å². The SMILES string of the molecule is Cc1ccc(CN2C(=O)C(O)=C(S(=O)(=O)c3ccc(C)cc3)C2c2ccccc2)cc1. The normalized spacial score (nSPS) is 16.8. The van der Waals surface area contributed by atoms with Gasteiger partial charge in [0, 0.05) is 6.54 Å². The predicted octanol–water partition coefficient (Wildman–Crippen LogP) is 4.63. The van der Waals surface area contributed by atoms with Crippen LogP contribution >= 0.6 is 0 Å². The summed E-state index contributed by atoms with van der Waals surface area (Å²) in [5.74, 6) is -1.42. The van der Waals surface area contributed by atoms with E-state index in [0.29, 0.717) is 5.56 Å². The van der Waals surface area contributed by atoms with E-state index in [0.717, 1.165) is 16.7 Å². The van der Waals surface area contributed by atoms with Crippen molar-refractivity contribution in [2.24, 2.45) is 0 Å². The average molecular weight is 434 g/mol. The van der Waals surface area contributed by atoms with Crippen molar-refractivity contribution < 1.29 is 18.3 Å². The van der Waals surface area contributed by atoms with E-state index in [4.69, 9.17) is 0 Å². The molecular formula is C25H23NO4S. The zero-order valence-corrected chi connectivity index (χ0v) is 18.1. The van der Waals surface area contributed by atoms with Gasteiger partial charge in [0.25, 0.3) is 5.91 Å². The van der Waals surface area contributed by atoms with Crippen molar-refractivity contribution >= 4 is 15.7 Å². The van der Waals surface area contributed by atoms with Crippen LogP contribution in [0.4, 0.5) is 0 Å². The van der Waals surface area contributed by atoms with Crippen molar-refractivity contribution in [1.29, 1.82) is 0 Å². The third-order valence-corrected chi connectivity index (χ3v) is 7.35. The fourth-order valence-electron chi connectivity index (χ4n) is 3.77. The van der Waals surface area contributed by atoms with E-state index in [2.05, 4.69) is 0 Å². The zero-order chi connectivity index (χ0) is 22.2. The van der Waals surface area contributed by atoms with Crippen molar-refractivity contribution in [1.82, 2.24) is 4.90 Å². The maximum absolute atomic E-state index is 13.5. The van der Waals surface area contributed by atoms with Gasteiger partial charge in [0.05, 0.1) is 10.9 Å². The maximum atomic E-state index is 13.5. The molecule has 3 aromatic carbocycles. The van der Waals surface area contributed by atoms with Crippen LogP contribution in [0.25, 0.3) is 0 Å². The van der Waals surface area contributed by atoms with Crippen molar-refractivity contribution in [3.05, 3.63) is 112 Å². The van der Waals surface area contributed by atoms with Gasteiger partial charge in [0.1, 0.15) is 4.91 Å². The van der Waals surface area contributed by atoms with Gasteiger partial charge >= 0.3 is 0 Å². The first-order chi connectivity index (χ1) is 14.8. The Morgan fingerprint density at radius 2 is 1.39 bits per heavy atom. The smallest absolute Gasteiger partial charge is 0.290 e. The van der Waals surface area contributed by atoms with Gasteiger partial charge in [-0.2, -0.15) is 0 Å². The van der Waals surface area contributed by atoms with Crippen LogP contribution in [0.15, 0.2) is 94.4 Å². The molecule has 1 amide bonds. The Labute approximate surface area is 182 Å². The summed E-state index contributed by atoms with van der Waals surface area (Å²) in [6, 6.07) is 22.1. The molecule has 0 spiro atoms. The minimum atomic E-state index is -4.10. The van der Waals surface area contributed by atoms with Crippen molar-refractivity contribution in [2.75, 3.05) is 0 Å². The number of hydrogen-bond acceptors (Lipinski definition) is 4. The van der Waals surface area contributed by atoms with Crippen LogP contribution in [0.5, 0.6) is 0 Å². The first-order valence-corrected chi connectivity index (χ1v) is 11.4. The monoisotopic (exact) mass is 433 g/mol. The Balaban J connectivity index is 1.83. The number of hydrogen-bond donors (Lipinski definition) is 1. The number of nitrogens with zero attached hydrogens (tertiary/aromatic N) is 1. The molecule has 1 aliphatic rings. The molecule has 0 radical (unpaired) electrons. The lowest BCUT2D eigenvalue weighted by Gasteiger charge is -2.27. The van der Waals surface area contributed by atoms with Gasteiger partial charge in [-0.25, -0.2) is 8.42 Å². The number of benzene rings is 3. The molecule has 0 aromatic heterocycles. The molecule has 0 bridgehead atoms. The molecule has 3 aromatic rings. The van der Waals surface area contributed by atoms with Crippen molar-refractivity contribution in [3.63, 3.8) is 0 Å². The molecule has 0 saturated carbocycles. The lowest BCUT2D eigenvalue weighted by Crippen LogP contribution is -2.30. The molecule has 1 heterocycles. The van der Waals surface area contributed by atoms with E-state index in [1.807, 2.05) is 44.2 Å². The molecule has 0 aliphatic carbocycles. The molecule has 1 N–H and O–H groups in total. The fraction of sp³-hybridized carbons (Fsp3) is 0.160. The molecule has 4 rings (SSSR count). The topological polar surface area (TPSA) is 74.7 Å². The number of amides is 1. The van der Waals surface area contributed by atoms with Crippen LogP contribution in [0.1, 0.15) is 28.3 Å². The van der Waals surface area contributed by atoms with Crippen LogP contribution in [0, 0.1) is 13.8 Å². The second-order valence-electron chi connectivity index (χ2n) is 7.76. The summed E-state index contributed by atoms with van der Waals surface area (Å²) in [6.07, 6.45) is 0. The molecule has 158 valence electrons. The summed E-state index contributed by atoms with van der Waals surface area (Å²) < 4.78 is 27.1. The van der Waals surface area contributed by atoms with Crippen LogP contribution < -0.4 is 0 Å². The molecule has 31 heavy (non-hydrogen) atoms. The number of rotatable bonds is 5. The third-order valence-electron chi connectivity index (χ3n) is 5.47. The number of aliphatic hydroxyl groups excluding tert-OH is 1. The minimum Gasteiger partial charge on any atom is -0.502 e. The number of sulfone groups is 1. The van der Waals surface area contributed by atoms with Gasteiger partial charge in [0.15, 0.2) is 5.76 Å². The Morgan fingerprint density at radius 1 is 0.839 bits per heavy atom. The zero-order valence-electron chi connectivity index (χ0n) is 17.3. The lowest BCUT2D eigenvalue weighted by molar-refractivity contribution is -0.130. The highest BCUT2D eigenvalue weighted by Crippen LogP contribution is 2.43. The summed E-state index contributed by atoms with van der Waals surface area (Å²) >= 11 is 0. The van der Waals surface area contributed by atoms with Gasteiger partial charge in [-0.15, -0.1) is 0 Å². The molecule has 1 aliphatic heterocycles. The first-order valence-electron chi connectivity index (χ1n) is 9.95. The number of carbonyl (C=O) groups excluding carboxylic acids is 1. The van der Waals surface area contributed by atoms with Gasteiger partial charge in [-0.05, 0) is 37.1 Å². The summed E-state index contributed by atoms with van der Waals surface area (Å²) in [5, 5.41) is 10.7. The van der Waals surface area contributed by atoms with Gasteiger partial charge in [-0.3, -0.25) is 4.79 Å². The van der Waals surface area contributed by atoms with Crippen molar-refractivity contribution in [2.45, 2.75) is 31.3 Å². The van der Waals surface area contributed by atoms with Gasteiger partial charge in [0.2, 0.25) is 9.84 Å². The minimum absolute atomic E-state index is 0.0468. The predicted molar refractivity (Wildman–Crippen MR) is 119 cm³/mol. The second-order valence-corrected chi connectivity index (χ2v) is 9.68. The fourth-order valence-corrected chi connectivity index (χ4v) is 5.42. The van der Waals surface area contributed by atoms with E-state index in [-0.39, 0.29) is 16.3 Å². The number of aliphatic hydroxyl groups is 1. The Kier molecular flexibility index (Phi) is 5.41. The standard InChI is InChI=1S/C25H23NO4S/c1-17-8-12-19(13-9-17)16-26-22(20-6-4-3-5-7-20)24(23(27)25(26)28)31(29,30)21-14-10-18(2)11-15-21/h3-15,22,27H,16H2,1-2H3. The molecule has 6 heteroatoms. The van der Waals surface area contributed by atoms with E-state index in [9.17, 15) is 18.3 Å². The third kappa shape index (κ3) is 3.86. The highest BCUT2D eigenvalue weighted by atomic mass is 32.2. The Hall–Kier alpha value is -3.38. The van der Waals surface area contributed by atoms with Gasteiger partial charge in [-0.1, -0.05) is 77.9 Å². The van der Waals surface area contributed by atoms with E-state index < -0.39 is 27.5 Å².